The summed E-state index contributed by atoms with van der Waals surface area (Å²) < 4.78 is 60.9. The quantitative estimate of drug-likeness (QED) is 0.922. The van der Waals surface area contributed by atoms with Gasteiger partial charge >= 0.3 is 6.18 Å². The van der Waals surface area contributed by atoms with Crippen LogP contribution in [0.3, 0.4) is 0 Å². The maximum atomic E-state index is 12.7. The standard InChI is InChI=1S/C13H16F3NO3S/c14-13(15,16)9(7-17)8-21(18)10-2-3-11-12(6-10)20-5-1-4-19-11/h2-3,6,9H,1,4-5,7-8,17H2. The molecule has 0 aliphatic carbocycles. The normalized spacial score (nSPS) is 17.9. The Morgan fingerprint density at radius 1 is 1.24 bits per heavy atom. The summed E-state index contributed by atoms with van der Waals surface area (Å²) in [5.74, 6) is -1.41. The molecular weight excluding hydrogens is 307 g/mol. The van der Waals surface area contributed by atoms with E-state index < -0.39 is 35.2 Å². The topological polar surface area (TPSA) is 61.6 Å². The lowest BCUT2D eigenvalue weighted by Crippen LogP contribution is -2.34. The van der Waals surface area contributed by atoms with Gasteiger partial charge in [-0.05, 0) is 12.1 Å². The molecule has 0 radical (unpaired) electrons. The van der Waals surface area contributed by atoms with Crippen molar-refractivity contribution in [2.45, 2.75) is 17.5 Å². The van der Waals surface area contributed by atoms with Crippen LogP contribution < -0.4 is 15.2 Å². The van der Waals surface area contributed by atoms with Crippen LogP contribution in [0.25, 0.3) is 0 Å². The van der Waals surface area contributed by atoms with E-state index in [0.29, 0.717) is 24.7 Å². The van der Waals surface area contributed by atoms with Crippen LogP contribution in [0.4, 0.5) is 13.2 Å². The predicted molar refractivity (Wildman–Crippen MR) is 71.9 cm³/mol. The molecule has 0 saturated heterocycles. The third-order valence-electron chi connectivity index (χ3n) is 3.08. The van der Waals surface area contributed by atoms with E-state index in [1.165, 1.54) is 12.1 Å². The molecule has 0 fully saturated rings. The molecule has 2 N–H and O–H groups in total. The summed E-state index contributed by atoms with van der Waals surface area (Å²) in [6, 6.07) is 4.53. The van der Waals surface area contributed by atoms with Gasteiger partial charge in [0.25, 0.3) is 0 Å². The lowest BCUT2D eigenvalue weighted by molar-refractivity contribution is -0.165. The maximum Gasteiger partial charge on any atom is 0.393 e. The second-order valence-corrected chi connectivity index (χ2v) is 6.14. The molecular formula is C13H16F3NO3S. The van der Waals surface area contributed by atoms with Crippen LogP contribution in [-0.4, -0.2) is 35.9 Å². The predicted octanol–water partition coefficient (Wildman–Crippen LogP) is 2.09. The Labute approximate surface area is 122 Å². The van der Waals surface area contributed by atoms with Crippen LogP contribution in [0.2, 0.25) is 0 Å². The SMILES string of the molecule is NCC(CS(=O)c1ccc2c(c1)OCCCO2)C(F)(F)F. The summed E-state index contributed by atoms with van der Waals surface area (Å²) in [5.41, 5.74) is 5.12. The van der Waals surface area contributed by atoms with Crippen molar-refractivity contribution in [2.24, 2.45) is 11.7 Å². The van der Waals surface area contributed by atoms with Crippen LogP contribution in [0.15, 0.2) is 23.1 Å². The van der Waals surface area contributed by atoms with Crippen LogP contribution in [0.1, 0.15) is 6.42 Å². The van der Waals surface area contributed by atoms with Gasteiger partial charge in [-0.2, -0.15) is 13.2 Å². The van der Waals surface area contributed by atoms with E-state index in [4.69, 9.17) is 15.2 Å². The second kappa shape index (κ2) is 6.65. The molecule has 0 amide bonds. The van der Waals surface area contributed by atoms with Crippen LogP contribution in [0, 0.1) is 5.92 Å². The molecule has 0 aromatic heterocycles. The lowest BCUT2D eigenvalue weighted by atomic mass is 10.2. The maximum absolute atomic E-state index is 12.7. The number of benzene rings is 1. The van der Waals surface area contributed by atoms with Gasteiger partial charge in [0.2, 0.25) is 0 Å². The molecule has 0 spiro atoms. The molecule has 21 heavy (non-hydrogen) atoms. The summed E-state index contributed by atoms with van der Waals surface area (Å²) in [6.45, 7) is 0.385. The Balaban J connectivity index is 2.14. The molecule has 118 valence electrons. The number of hydrogen-bond donors (Lipinski definition) is 1. The first-order valence-electron chi connectivity index (χ1n) is 6.46. The molecule has 1 aliphatic rings. The van der Waals surface area contributed by atoms with Gasteiger partial charge in [-0.25, -0.2) is 0 Å². The zero-order valence-electron chi connectivity index (χ0n) is 11.2. The average Bonchev–Trinajstić information content (AvgIpc) is 2.67. The Morgan fingerprint density at radius 2 is 1.90 bits per heavy atom. The van der Waals surface area contributed by atoms with Crippen molar-refractivity contribution >= 4 is 10.8 Å². The van der Waals surface area contributed by atoms with Gasteiger partial charge < -0.3 is 15.2 Å². The van der Waals surface area contributed by atoms with Gasteiger partial charge in [-0.15, -0.1) is 0 Å². The number of alkyl halides is 3. The second-order valence-electron chi connectivity index (χ2n) is 4.65. The van der Waals surface area contributed by atoms with E-state index in [1.807, 2.05) is 0 Å². The summed E-state index contributed by atoms with van der Waals surface area (Å²) >= 11 is 0. The van der Waals surface area contributed by atoms with Gasteiger partial charge in [-0.1, -0.05) is 0 Å². The minimum Gasteiger partial charge on any atom is -0.490 e. The number of hydrogen-bond acceptors (Lipinski definition) is 4. The van der Waals surface area contributed by atoms with E-state index in [1.54, 1.807) is 6.07 Å². The summed E-state index contributed by atoms with van der Waals surface area (Å²) in [4.78, 5) is 0.280. The lowest BCUT2D eigenvalue weighted by Gasteiger charge is -2.18. The first-order valence-corrected chi connectivity index (χ1v) is 7.78. The zero-order valence-corrected chi connectivity index (χ0v) is 12.0. The van der Waals surface area contributed by atoms with Crippen LogP contribution in [0.5, 0.6) is 11.5 Å². The Kier molecular flexibility index (Phi) is 5.10. The monoisotopic (exact) mass is 323 g/mol. The fourth-order valence-electron chi connectivity index (χ4n) is 1.86. The first-order chi connectivity index (χ1) is 9.91. The molecule has 2 atom stereocenters. The highest BCUT2D eigenvalue weighted by Gasteiger charge is 2.39. The van der Waals surface area contributed by atoms with Crippen molar-refractivity contribution in [1.29, 1.82) is 0 Å². The van der Waals surface area contributed by atoms with E-state index in [-0.39, 0.29) is 4.90 Å². The van der Waals surface area contributed by atoms with E-state index in [9.17, 15) is 17.4 Å². The molecule has 4 nitrogen and oxygen atoms in total. The van der Waals surface area contributed by atoms with Gasteiger partial charge in [-0.3, -0.25) is 4.21 Å². The highest BCUT2D eigenvalue weighted by Crippen LogP contribution is 2.33. The number of halogens is 3. The van der Waals surface area contributed by atoms with Gasteiger partial charge in [0.05, 0.1) is 29.9 Å². The highest BCUT2D eigenvalue weighted by atomic mass is 32.2. The molecule has 1 aromatic rings. The van der Waals surface area contributed by atoms with Crippen LogP contribution >= 0.6 is 0 Å². The zero-order chi connectivity index (χ0) is 15.5. The van der Waals surface area contributed by atoms with Crippen LogP contribution in [-0.2, 0) is 10.8 Å². The minimum absolute atomic E-state index is 0.280. The van der Waals surface area contributed by atoms with Crippen molar-refractivity contribution in [2.75, 3.05) is 25.5 Å². The van der Waals surface area contributed by atoms with Crippen molar-refractivity contribution in [3.8, 4) is 11.5 Å². The van der Waals surface area contributed by atoms with E-state index in [0.717, 1.165) is 6.42 Å². The number of nitrogens with two attached hydrogens (primary N) is 1. The molecule has 2 unspecified atom stereocenters. The molecule has 1 heterocycles. The molecule has 8 heteroatoms. The van der Waals surface area contributed by atoms with E-state index in [2.05, 4.69) is 0 Å². The van der Waals surface area contributed by atoms with Crippen molar-refractivity contribution < 1.29 is 26.9 Å². The summed E-state index contributed by atoms with van der Waals surface area (Å²) in [6.07, 6.45) is -3.73. The minimum atomic E-state index is -4.45. The van der Waals surface area contributed by atoms with Crippen molar-refractivity contribution in [3.05, 3.63) is 18.2 Å². The number of fused-ring (bicyclic) bond motifs is 1. The van der Waals surface area contributed by atoms with E-state index >= 15 is 0 Å². The number of rotatable bonds is 4. The van der Waals surface area contributed by atoms with Crippen molar-refractivity contribution in [3.63, 3.8) is 0 Å². The third kappa shape index (κ3) is 4.10. The third-order valence-corrected chi connectivity index (χ3v) is 4.57. The Morgan fingerprint density at radius 3 is 2.52 bits per heavy atom. The summed E-state index contributed by atoms with van der Waals surface area (Å²) in [7, 11) is -1.80. The molecule has 2 rings (SSSR count). The smallest absolute Gasteiger partial charge is 0.393 e. The highest BCUT2D eigenvalue weighted by molar-refractivity contribution is 7.85. The summed E-state index contributed by atoms with van der Waals surface area (Å²) in [5, 5.41) is 0. The molecule has 1 aromatic carbocycles. The van der Waals surface area contributed by atoms with Gasteiger partial charge in [0.1, 0.15) is 0 Å². The fourth-order valence-corrected chi connectivity index (χ4v) is 3.20. The molecule has 1 aliphatic heterocycles. The number of ether oxygens (including phenoxy) is 2. The van der Waals surface area contributed by atoms with Gasteiger partial charge in [0, 0.05) is 29.7 Å². The average molecular weight is 323 g/mol. The largest absolute Gasteiger partial charge is 0.490 e. The Bertz CT molecular complexity index is 522. The molecule has 0 bridgehead atoms. The van der Waals surface area contributed by atoms with Crippen molar-refractivity contribution in [1.82, 2.24) is 0 Å². The Hall–Kier alpha value is -1.28. The fraction of sp³-hybridized carbons (Fsp3) is 0.538. The molecule has 0 saturated carbocycles. The first kappa shape index (κ1) is 16.1. The van der Waals surface area contributed by atoms with Gasteiger partial charge in [0.15, 0.2) is 11.5 Å².